The van der Waals surface area contributed by atoms with Gasteiger partial charge in [0.25, 0.3) is 0 Å². The largest absolute Gasteiger partial charge is 0.308 e. The number of nitrogens with zero attached hydrogens (tertiary/aromatic N) is 3. The summed E-state index contributed by atoms with van der Waals surface area (Å²) in [4.78, 5) is 22.0. The van der Waals surface area contributed by atoms with Crippen LogP contribution in [0.15, 0.2) is 65.1 Å². The molecule has 0 spiro atoms. The van der Waals surface area contributed by atoms with Crippen molar-refractivity contribution in [3.63, 3.8) is 0 Å². The number of benzene rings is 3. The first kappa shape index (κ1) is 20.0. The van der Waals surface area contributed by atoms with Crippen LogP contribution in [0.25, 0.3) is 21.0 Å². The maximum absolute atomic E-state index is 13.4. The quantitative estimate of drug-likeness (QED) is 0.383. The molecule has 29 heavy (non-hydrogen) atoms. The van der Waals surface area contributed by atoms with Crippen molar-refractivity contribution in [3.05, 3.63) is 70.7 Å². The topological polar surface area (TPSA) is 36.4 Å². The highest BCUT2D eigenvalue weighted by Gasteiger charge is 2.21. The minimum atomic E-state index is 0.0707. The Labute approximate surface area is 182 Å². The lowest BCUT2D eigenvalue weighted by Gasteiger charge is -2.22. The number of halogens is 1. The second-order valence-electron chi connectivity index (χ2n) is 7.27. The zero-order chi connectivity index (χ0) is 20.4. The van der Waals surface area contributed by atoms with Gasteiger partial charge in [0.1, 0.15) is 0 Å². The molecule has 0 saturated carbocycles. The van der Waals surface area contributed by atoms with E-state index in [9.17, 15) is 4.79 Å². The van der Waals surface area contributed by atoms with E-state index in [1.807, 2.05) is 55.4 Å². The maximum Gasteiger partial charge on any atom is 0.233 e. The zero-order valence-electron chi connectivity index (χ0n) is 16.4. The second kappa shape index (κ2) is 8.61. The summed E-state index contributed by atoms with van der Waals surface area (Å²) in [6.07, 6.45) is 0.356. The number of fused-ring (bicyclic) bond motifs is 2. The van der Waals surface area contributed by atoms with Crippen LogP contribution >= 0.6 is 27.3 Å². The summed E-state index contributed by atoms with van der Waals surface area (Å²) in [5, 5.41) is 3.04. The Morgan fingerprint density at radius 2 is 1.83 bits per heavy atom. The average Bonchev–Trinajstić information content (AvgIpc) is 3.11. The molecule has 6 heteroatoms. The molecule has 3 aromatic carbocycles. The van der Waals surface area contributed by atoms with Crippen molar-refractivity contribution in [2.24, 2.45) is 0 Å². The van der Waals surface area contributed by atoms with Crippen LogP contribution in [0.2, 0.25) is 0 Å². The number of anilines is 1. The summed E-state index contributed by atoms with van der Waals surface area (Å²) in [6, 6.07) is 20.4. The van der Waals surface area contributed by atoms with Gasteiger partial charge in [0, 0.05) is 17.6 Å². The van der Waals surface area contributed by atoms with E-state index in [-0.39, 0.29) is 5.91 Å². The minimum absolute atomic E-state index is 0.0707. The molecule has 0 bridgehead atoms. The number of amides is 1. The molecule has 4 rings (SSSR count). The lowest BCUT2D eigenvalue weighted by Crippen LogP contribution is -2.37. The number of hydrogen-bond donors (Lipinski definition) is 0. The van der Waals surface area contributed by atoms with Gasteiger partial charge in [0.2, 0.25) is 5.91 Å². The van der Waals surface area contributed by atoms with Crippen LogP contribution in [0.5, 0.6) is 0 Å². The minimum Gasteiger partial charge on any atom is -0.308 e. The van der Waals surface area contributed by atoms with Crippen molar-refractivity contribution in [3.8, 4) is 0 Å². The number of thiazole rings is 1. The Kier molecular flexibility index (Phi) is 5.94. The fourth-order valence-electron chi connectivity index (χ4n) is 3.33. The predicted octanol–water partition coefficient (Wildman–Crippen LogP) is 5.35. The van der Waals surface area contributed by atoms with Crippen molar-refractivity contribution in [2.75, 3.05) is 32.1 Å². The van der Waals surface area contributed by atoms with Crippen LogP contribution in [0.4, 0.5) is 5.13 Å². The van der Waals surface area contributed by atoms with Gasteiger partial charge >= 0.3 is 0 Å². The van der Waals surface area contributed by atoms with Crippen LogP contribution in [0, 0.1) is 0 Å². The third-order valence-electron chi connectivity index (χ3n) is 4.86. The van der Waals surface area contributed by atoms with Gasteiger partial charge < -0.3 is 4.90 Å². The third-order valence-corrected chi connectivity index (χ3v) is 6.40. The standard InChI is InChI=1S/C23H22BrN3OS/c1-26(2)12-13-27(23-25-20-11-10-18(24)15-21(20)29-23)22(28)14-17-8-5-7-16-6-3-4-9-19(16)17/h3-11,15H,12-14H2,1-2H3. The number of hydrogen-bond acceptors (Lipinski definition) is 4. The molecule has 0 fully saturated rings. The molecule has 1 amide bonds. The van der Waals surface area contributed by atoms with Crippen molar-refractivity contribution >= 4 is 59.3 Å². The van der Waals surface area contributed by atoms with E-state index in [1.165, 1.54) is 0 Å². The monoisotopic (exact) mass is 467 g/mol. The van der Waals surface area contributed by atoms with E-state index in [1.54, 1.807) is 11.3 Å². The van der Waals surface area contributed by atoms with Crippen molar-refractivity contribution in [1.82, 2.24) is 9.88 Å². The van der Waals surface area contributed by atoms with Crippen LogP contribution in [-0.4, -0.2) is 43.0 Å². The fraction of sp³-hybridized carbons (Fsp3) is 0.217. The first-order valence-electron chi connectivity index (χ1n) is 9.49. The predicted molar refractivity (Wildman–Crippen MR) is 126 cm³/mol. The highest BCUT2D eigenvalue weighted by molar-refractivity contribution is 9.10. The van der Waals surface area contributed by atoms with Crippen LogP contribution < -0.4 is 4.90 Å². The SMILES string of the molecule is CN(C)CCN(C(=O)Cc1cccc2ccccc12)c1nc2ccc(Br)cc2s1. The molecule has 0 atom stereocenters. The van der Waals surface area contributed by atoms with Crippen LogP contribution in [0.1, 0.15) is 5.56 Å². The van der Waals surface area contributed by atoms with Gasteiger partial charge in [-0.05, 0) is 48.6 Å². The Hall–Kier alpha value is -2.28. The molecule has 0 aliphatic heterocycles. The maximum atomic E-state index is 13.4. The Balaban J connectivity index is 1.67. The summed E-state index contributed by atoms with van der Waals surface area (Å²) in [5.74, 6) is 0.0707. The summed E-state index contributed by atoms with van der Waals surface area (Å²) < 4.78 is 2.09. The molecule has 0 saturated heterocycles. The number of rotatable bonds is 6. The second-order valence-corrected chi connectivity index (χ2v) is 9.20. The molecule has 1 heterocycles. The summed E-state index contributed by atoms with van der Waals surface area (Å²) in [6.45, 7) is 1.39. The molecule has 0 unspecified atom stereocenters. The van der Waals surface area contributed by atoms with Crippen molar-refractivity contribution in [1.29, 1.82) is 0 Å². The number of likely N-dealkylation sites (N-methyl/N-ethyl adjacent to an activating group) is 1. The molecule has 4 nitrogen and oxygen atoms in total. The van der Waals surface area contributed by atoms with Gasteiger partial charge in [-0.3, -0.25) is 9.69 Å². The molecule has 0 aliphatic rings. The van der Waals surface area contributed by atoms with Gasteiger partial charge in [-0.15, -0.1) is 0 Å². The first-order chi connectivity index (χ1) is 14.0. The molecule has 148 valence electrons. The molecular formula is C23H22BrN3OS. The van der Waals surface area contributed by atoms with Crippen LogP contribution in [0.3, 0.4) is 0 Å². The molecule has 0 radical (unpaired) electrons. The van der Waals surface area contributed by atoms with Crippen molar-refractivity contribution < 1.29 is 4.79 Å². The highest BCUT2D eigenvalue weighted by Crippen LogP contribution is 2.31. The Morgan fingerprint density at radius 1 is 1.03 bits per heavy atom. The van der Waals surface area contributed by atoms with Gasteiger partial charge in [-0.25, -0.2) is 4.98 Å². The first-order valence-corrected chi connectivity index (χ1v) is 11.1. The number of carbonyl (C=O) groups excluding carboxylic acids is 1. The van der Waals surface area contributed by atoms with E-state index < -0.39 is 0 Å². The Morgan fingerprint density at radius 3 is 2.66 bits per heavy atom. The third kappa shape index (κ3) is 4.50. The van der Waals surface area contributed by atoms with E-state index in [2.05, 4.69) is 45.1 Å². The lowest BCUT2D eigenvalue weighted by molar-refractivity contribution is -0.118. The fourth-order valence-corrected chi connectivity index (χ4v) is 4.89. The van der Waals surface area contributed by atoms with E-state index in [0.717, 1.165) is 42.7 Å². The van der Waals surface area contributed by atoms with Gasteiger partial charge in [0.15, 0.2) is 5.13 Å². The lowest BCUT2D eigenvalue weighted by atomic mass is 10.0. The highest BCUT2D eigenvalue weighted by atomic mass is 79.9. The summed E-state index contributed by atoms with van der Waals surface area (Å²) >= 11 is 5.08. The van der Waals surface area contributed by atoms with Crippen molar-refractivity contribution in [2.45, 2.75) is 6.42 Å². The smallest absolute Gasteiger partial charge is 0.233 e. The van der Waals surface area contributed by atoms with Gasteiger partial charge in [-0.2, -0.15) is 0 Å². The molecule has 0 N–H and O–H groups in total. The van der Waals surface area contributed by atoms with Crippen LogP contribution in [-0.2, 0) is 11.2 Å². The van der Waals surface area contributed by atoms with Gasteiger partial charge in [0.05, 0.1) is 16.6 Å². The summed E-state index contributed by atoms with van der Waals surface area (Å²) in [7, 11) is 4.03. The Bertz CT molecular complexity index is 1170. The number of carbonyl (C=O) groups is 1. The summed E-state index contributed by atoms with van der Waals surface area (Å²) in [5.41, 5.74) is 1.97. The zero-order valence-corrected chi connectivity index (χ0v) is 18.8. The molecule has 1 aromatic heterocycles. The van der Waals surface area contributed by atoms with Gasteiger partial charge in [-0.1, -0.05) is 69.7 Å². The number of aromatic nitrogens is 1. The average molecular weight is 468 g/mol. The molecule has 4 aromatic rings. The normalized spacial score (nSPS) is 11.4. The van der Waals surface area contributed by atoms with E-state index in [0.29, 0.717) is 13.0 Å². The molecular weight excluding hydrogens is 446 g/mol. The van der Waals surface area contributed by atoms with E-state index in [4.69, 9.17) is 4.98 Å². The molecule has 0 aliphatic carbocycles. The van der Waals surface area contributed by atoms with E-state index >= 15 is 0 Å².